The highest BCUT2D eigenvalue weighted by molar-refractivity contribution is 5.90. The molecular weight excluding hydrogens is 450 g/mol. The first kappa shape index (κ1) is 23.1. The predicted octanol–water partition coefficient (Wildman–Crippen LogP) is 6.55. The van der Waals surface area contributed by atoms with Gasteiger partial charge in [0.2, 0.25) is 17.6 Å². The molecule has 5 rings (SSSR count). The van der Waals surface area contributed by atoms with E-state index in [1.807, 2.05) is 97.1 Å². The number of ether oxygens (including phenoxy) is 1. The Morgan fingerprint density at radius 2 is 1.39 bits per heavy atom. The monoisotopic (exact) mass is 475 g/mol. The number of anilines is 1. The number of aryl methyl sites for hydroxylation is 1. The van der Waals surface area contributed by atoms with Crippen LogP contribution in [0.4, 0.5) is 5.69 Å². The SMILES string of the molecule is O=C(CCc1nc(-c2ccc(-c3ccccc3)cc2)no1)Nc1ccc(OCc2ccccc2)cc1. The lowest BCUT2D eigenvalue weighted by atomic mass is 10.0. The first-order chi connectivity index (χ1) is 17.7. The first-order valence-electron chi connectivity index (χ1n) is 11.8. The van der Waals surface area contributed by atoms with Crippen molar-refractivity contribution in [1.82, 2.24) is 10.1 Å². The molecule has 1 amide bonds. The van der Waals surface area contributed by atoms with Crippen LogP contribution in [0.3, 0.4) is 0 Å². The topological polar surface area (TPSA) is 77.2 Å². The molecule has 1 N–H and O–H groups in total. The molecule has 0 saturated carbocycles. The second-order valence-electron chi connectivity index (χ2n) is 8.30. The molecule has 0 aliphatic heterocycles. The summed E-state index contributed by atoms with van der Waals surface area (Å²) < 4.78 is 11.1. The maximum atomic E-state index is 12.4. The van der Waals surface area contributed by atoms with Crippen LogP contribution in [0.1, 0.15) is 17.9 Å². The number of carbonyl (C=O) groups is 1. The number of nitrogens with zero attached hydrogens (tertiary/aromatic N) is 2. The van der Waals surface area contributed by atoms with E-state index in [9.17, 15) is 4.79 Å². The second-order valence-corrected chi connectivity index (χ2v) is 8.30. The summed E-state index contributed by atoms with van der Waals surface area (Å²) in [5, 5.41) is 6.96. The lowest BCUT2D eigenvalue weighted by Crippen LogP contribution is -2.12. The highest BCUT2D eigenvalue weighted by atomic mass is 16.5. The molecule has 0 aliphatic rings. The molecule has 0 radical (unpaired) electrons. The summed E-state index contributed by atoms with van der Waals surface area (Å²) in [6, 6.07) is 35.5. The van der Waals surface area contributed by atoms with Gasteiger partial charge in [-0.3, -0.25) is 4.79 Å². The number of benzene rings is 4. The third-order valence-electron chi connectivity index (χ3n) is 5.67. The van der Waals surface area contributed by atoms with Gasteiger partial charge in [0.15, 0.2) is 0 Å². The largest absolute Gasteiger partial charge is 0.489 e. The van der Waals surface area contributed by atoms with Gasteiger partial charge in [-0.2, -0.15) is 4.98 Å². The average molecular weight is 476 g/mol. The lowest BCUT2D eigenvalue weighted by molar-refractivity contribution is -0.116. The molecule has 0 aliphatic carbocycles. The van der Waals surface area contributed by atoms with Crippen LogP contribution < -0.4 is 10.1 Å². The van der Waals surface area contributed by atoms with Crippen molar-refractivity contribution in [2.24, 2.45) is 0 Å². The van der Waals surface area contributed by atoms with Crippen molar-refractivity contribution in [2.45, 2.75) is 19.4 Å². The van der Waals surface area contributed by atoms with Gasteiger partial charge in [-0.1, -0.05) is 90.1 Å². The van der Waals surface area contributed by atoms with Crippen molar-refractivity contribution in [1.29, 1.82) is 0 Å². The van der Waals surface area contributed by atoms with E-state index in [-0.39, 0.29) is 12.3 Å². The fourth-order valence-electron chi connectivity index (χ4n) is 3.74. The number of rotatable bonds is 9. The summed E-state index contributed by atoms with van der Waals surface area (Å²) in [4.78, 5) is 16.8. The van der Waals surface area contributed by atoms with Gasteiger partial charge in [-0.05, 0) is 41.0 Å². The summed E-state index contributed by atoms with van der Waals surface area (Å²) in [6.45, 7) is 0.496. The molecule has 0 atom stereocenters. The third kappa shape index (κ3) is 6.04. The highest BCUT2D eigenvalue weighted by Crippen LogP contribution is 2.23. The van der Waals surface area contributed by atoms with Gasteiger partial charge in [0, 0.05) is 24.1 Å². The van der Waals surface area contributed by atoms with Crippen molar-refractivity contribution >= 4 is 11.6 Å². The van der Waals surface area contributed by atoms with Crippen LogP contribution in [0, 0.1) is 0 Å². The third-order valence-corrected chi connectivity index (χ3v) is 5.67. The Morgan fingerprint density at radius 1 is 0.750 bits per heavy atom. The molecule has 4 aromatic carbocycles. The Bertz CT molecular complexity index is 1400. The minimum Gasteiger partial charge on any atom is -0.489 e. The van der Waals surface area contributed by atoms with Crippen molar-refractivity contribution in [3.8, 4) is 28.3 Å². The fraction of sp³-hybridized carbons (Fsp3) is 0.100. The van der Waals surface area contributed by atoms with E-state index in [1.54, 1.807) is 0 Å². The zero-order chi connectivity index (χ0) is 24.6. The van der Waals surface area contributed by atoms with Crippen LogP contribution in [0.25, 0.3) is 22.5 Å². The van der Waals surface area contributed by atoms with Gasteiger partial charge in [-0.25, -0.2) is 0 Å². The molecule has 6 nitrogen and oxygen atoms in total. The van der Waals surface area contributed by atoms with Crippen molar-refractivity contribution in [2.75, 3.05) is 5.32 Å². The molecule has 1 aromatic heterocycles. The summed E-state index contributed by atoms with van der Waals surface area (Å²) >= 11 is 0. The lowest BCUT2D eigenvalue weighted by Gasteiger charge is -2.08. The summed E-state index contributed by atoms with van der Waals surface area (Å²) in [7, 11) is 0. The number of nitrogens with one attached hydrogen (secondary N) is 1. The molecule has 0 fully saturated rings. The summed E-state index contributed by atoms with van der Waals surface area (Å²) in [5.41, 5.74) is 4.94. The number of carbonyl (C=O) groups excluding carboxylic acids is 1. The van der Waals surface area contributed by atoms with Gasteiger partial charge in [0.25, 0.3) is 0 Å². The van der Waals surface area contributed by atoms with Crippen molar-refractivity contribution in [3.63, 3.8) is 0 Å². The van der Waals surface area contributed by atoms with Crippen LogP contribution in [-0.4, -0.2) is 16.0 Å². The quantitative estimate of drug-likeness (QED) is 0.261. The Labute approximate surface area is 209 Å². The zero-order valence-electron chi connectivity index (χ0n) is 19.6. The second kappa shape index (κ2) is 11.1. The van der Waals surface area contributed by atoms with Crippen LogP contribution >= 0.6 is 0 Å². The van der Waals surface area contributed by atoms with Gasteiger partial charge in [0.05, 0.1) is 0 Å². The van der Waals surface area contributed by atoms with E-state index in [2.05, 4.69) is 27.6 Å². The summed E-state index contributed by atoms with van der Waals surface area (Å²) in [6.07, 6.45) is 0.597. The number of aromatic nitrogens is 2. The van der Waals surface area contributed by atoms with E-state index < -0.39 is 0 Å². The molecule has 0 saturated heterocycles. The van der Waals surface area contributed by atoms with Crippen LogP contribution in [0.2, 0.25) is 0 Å². The maximum absolute atomic E-state index is 12.4. The van der Waals surface area contributed by atoms with Crippen LogP contribution in [0.5, 0.6) is 5.75 Å². The van der Waals surface area contributed by atoms with Crippen LogP contribution in [0.15, 0.2) is 114 Å². The Morgan fingerprint density at radius 3 is 2.11 bits per heavy atom. The Kier molecular flexibility index (Phi) is 7.14. The van der Waals surface area contributed by atoms with Gasteiger partial charge >= 0.3 is 0 Å². The average Bonchev–Trinajstić information content (AvgIpc) is 3.42. The Hall–Kier alpha value is -4.71. The van der Waals surface area contributed by atoms with Crippen LogP contribution in [-0.2, 0) is 17.8 Å². The molecule has 0 spiro atoms. The zero-order valence-corrected chi connectivity index (χ0v) is 19.6. The maximum Gasteiger partial charge on any atom is 0.227 e. The molecule has 178 valence electrons. The van der Waals surface area contributed by atoms with E-state index in [4.69, 9.17) is 9.26 Å². The van der Waals surface area contributed by atoms with Crippen molar-refractivity contribution < 1.29 is 14.1 Å². The van der Waals surface area contributed by atoms with E-state index in [0.29, 0.717) is 30.4 Å². The first-order valence-corrected chi connectivity index (χ1v) is 11.8. The van der Waals surface area contributed by atoms with Gasteiger partial charge in [-0.15, -0.1) is 0 Å². The fourth-order valence-corrected chi connectivity index (χ4v) is 3.74. The standard InChI is InChI=1S/C30H25N3O3/c34-28(31-26-15-17-27(18-16-26)35-21-22-7-3-1-4-8-22)19-20-29-32-30(33-36-29)25-13-11-24(12-14-25)23-9-5-2-6-10-23/h1-18H,19-21H2,(H,31,34). The number of amides is 1. The predicted molar refractivity (Wildman–Crippen MR) is 139 cm³/mol. The summed E-state index contributed by atoms with van der Waals surface area (Å²) in [5.74, 6) is 1.56. The highest BCUT2D eigenvalue weighted by Gasteiger charge is 2.11. The normalized spacial score (nSPS) is 10.7. The molecule has 0 unspecified atom stereocenters. The van der Waals surface area contributed by atoms with E-state index in [0.717, 1.165) is 28.0 Å². The number of hydrogen-bond acceptors (Lipinski definition) is 5. The smallest absolute Gasteiger partial charge is 0.227 e. The molecule has 36 heavy (non-hydrogen) atoms. The molecule has 6 heteroatoms. The van der Waals surface area contributed by atoms with Gasteiger partial charge in [0.1, 0.15) is 12.4 Å². The van der Waals surface area contributed by atoms with Crippen molar-refractivity contribution in [3.05, 3.63) is 121 Å². The minimum absolute atomic E-state index is 0.125. The van der Waals surface area contributed by atoms with E-state index >= 15 is 0 Å². The molecular formula is C30H25N3O3. The number of hydrogen-bond donors (Lipinski definition) is 1. The van der Waals surface area contributed by atoms with E-state index in [1.165, 1.54) is 0 Å². The molecule has 0 bridgehead atoms. The minimum atomic E-state index is -0.125. The molecule has 1 heterocycles. The van der Waals surface area contributed by atoms with Gasteiger partial charge < -0.3 is 14.6 Å². The molecule has 5 aromatic rings. The Balaban J connectivity index is 1.10.